The van der Waals surface area contributed by atoms with E-state index in [1.165, 1.54) is 18.2 Å². The standard InChI is InChI=1S/C24H24FN5O4/c1-27-10-12-28(13-11-27)21-7-4-17(14-22(21)30(32)33)24(31)29-9-8-20-19(15-29)23(34-26-20)16-2-5-18(25)6-3-16/h2-7,14H,8-13,15H2,1H3. The zero-order valence-corrected chi connectivity index (χ0v) is 18.7. The number of rotatable bonds is 4. The van der Waals surface area contributed by atoms with Gasteiger partial charge in [-0.2, -0.15) is 0 Å². The first-order valence-corrected chi connectivity index (χ1v) is 11.2. The van der Waals surface area contributed by atoms with Gasteiger partial charge in [-0.1, -0.05) is 5.16 Å². The molecule has 3 aromatic rings. The fourth-order valence-corrected chi connectivity index (χ4v) is 4.51. The lowest BCUT2D eigenvalue weighted by molar-refractivity contribution is -0.384. The van der Waals surface area contributed by atoms with Crippen molar-refractivity contribution in [2.75, 3.05) is 44.7 Å². The maximum Gasteiger partial charge on any atom is 0.293 e. The SMILES string of the molecule is CN1CCN(c2ccc(C(=O)N3CCc4noc(-c5ccc(F)cc5)c4C3)cc2[N+](=O)[O-])CC1. The van der Waals surface area contributed by atoms with Crippen molar-refractivity contribution in [2.24, 2.45) is 0 Å². The predicted octanol–water partition coefficient (Wildman–Crippen LogP) is 3.34. The number of amides is 1. The van der Waals surface area contributed by atoms with Crippen LogP contribution in [-0.4, -0.2) is 65.6 Å². The monoisotopic (exact) mass is 465 g/mol. The molecular weight excluding hydrogens is 441 g/mol. The number of halogens is 1. The highest BCUT2D eigenvalue weighted by Crippen LogP contribution is 2.33. The second-order valence-corrected chi connectivity index (χ2v) is 8.67. The molecule has 0 unspecified atom stereocenters. The molecule has 10 heteroatoms. The van der Waals surface area contributed by atoms with Gasteiger partial charge in [-0.25, -0.2) is 4.39 Å². The molecule has 0 atom stereocenters. The zero-order chi connectivity index (χ0) is 23.8. The van der Waals surface area contributed by atoms with Gasteiger partial charge in [0.2, 0.25) is 0 Å². The Hall–Kier alpha value is -3.79. The van der Waals surface area contributed by atoms with Gasteiger partial charge in [-0.15, -0.1) is 0 Å². The van der Waals surface area contributed by atoms with Crippen molar-refractivity contribution in [1.82, 2.24) is 15.0 Å². The van der Waals surface area contributed by atoms with Crippen LogP contribution in [0.25, 0.3) is 11.3 Å². The number of likely N-dealkylation sites (N-methyl/N-ethyl adjacent to an activating group) is 1. The summed E-state index contributed by atoms with van der Waals surface area (Å²) in [6.07, 6.45) is 0.507. The van der Waals surface area contributed by atoms with Crippen molar-refractivity contribution in [1.29, 1.82) is 0 Å². The van der Waals surface area contributed by atoms with E-state index in [1.807, 2.05) is 11.9 Å². The molecule has 0 spiro atoms. The summed E-state index contributed by atoms with van der Waals surface area (Å²) in [6, 6.07) is 10.6. The van der Waals surface area contributed by atoms with Gasteiger partial charge in [-0.3, -0.25) is 14.9 Å². The van der Waals surface area contributed by atoms with Crippen LogP contribution in [0.15, 0.2) is 47.0 Å². The van der Waals surface area contributed by atoms with Crippen LogP contribution in [-0.2, 0) is 13.0 Å². The van der Waals surface area contributed by atoms with E-state index in [1.54, 1.807) is 29.2 Å². The van der Waals surface area contributed by atoms with Crippen molar-refractivity contribution in [3.8, 4) is 11.3 Å². The second-order valence-electron chi connectivity index (χ2n) is 8.67. The number of piperazine rings is 1. The van der Waals surface area contributed by atoms with Crippen molar-refractivity contribution in [3.05, 3.63) is 75.2 Å². The Kier molecular flexibility index (Phi) is 5.74. The first kappa shape index (κ1) is 22.0. The molecular formula is C24H24FN5O4. The molecule has 0 aliphatic carbocycles. The fraction of sp³-hybridized carbons (Fsp3) is 0.333. The highest BCUT2D eigenvalue weighted by atomic mass is 19.1. The molecule has 2 aliphatic heterocycles. The summed E-state index contributed by atoms with van der Waals surface area (Å²) in [4.78, 5) is 30.5. The first-order chi connectivity index (χ1) is 16.4. The molecule has 0 radical (unpaired) electrons. The lowest BCUT2D eigenvalue weighted by Crippen LogP contribution is -2.44. The van der Waals surface area contributed by atoms with Crippen LogP contribution in [0.4, 0.5) is 15.8 Å². The second kappa shape index (κ2) is 8.86. The third-order valence-electron chi connectivity index (χ3n) is 6.49. The molecule has 5 rings (SSSR count). The molecule has 1 amide bonds. The number of hydrogen-bond donors (Lipinski definition) is 0. The summed E-state index contributed by atoms with van der Waals surface area (Å²) in [7, 11) is 2.02. The molecule has 2 aromatic carbocycles. The number of hydrogen-bond acceptors (Lipinski definition) is 7. The Morgan fingerprint density at radius 1 is 1.09 bits per heavy atom. The third-order valence-corrected chi connectivity index (χ3v) is 6.49. The highest BCUT2D eigenvalue weighted by molar-refractivity contribution is 5.96. The Morgan fingerprint density at radius 2 is 1.82 bits per heavy atom. The topological polar surface area (TPSA) is 96.0 Å². The largest absolute Gasteiger partial charge is 0.363 e. The summed E-state index contributed by atoms with van der Waals surface area (Å²) in [6.45, 7) is 3.72. The number of aromatic nitrogens is 1. The van der Waals surface area contributed by atoms with E-state index in [-0.39, 0.29) is 29.5 Å². The minimum absolute atomic E-state index is 0.0647. The molecule has 176 valence electrons. The number of fused-ring (bicyclic) bond motifs is 1. The van der Waals surface area contributed by atoms with Crippen molar-refractivity contribution in [2.45, 2.75) is 13.0 Å². The normalized spacial score (nSPS) is 16.4. The maximum atomic E-state index is 13.3. The average molecular weight is 465 g/mol. The van der Waals surface area contributed by atoms with Crippen LogP contribution in [0.2, 0.25) is 0 Å². The molecule has 0 N–H and O–H groups in total. The van der Waals surface area contributed by atoms with Gasteiger partial charge in [0, 0.05) is 61.9 Å². The van der Waals surface area contributed by atoms with E-state index < -0.39 is 4.92 Å². The molecule has 1 saturated heterocycles. The van der Waals surface area contributed by atoms with E-state index in [9.17, 15) is 19.3 Å². The van der Waals surface area contributed by atoms with E-state index in [0.717, 1.165) is 24.3 Å². The van der Waals surface area contributed by atoms with Crippen LogP contribution in [0.5, 0.6) is 0 Å². The fourth-order valence-electron chi connectivity index (χ4n) is 4.51. The van der Waals surface area contributed by atoms with Crippen LogP contribution in [0.3, 0.4) is 0 Å². The number of anilines is 1. The highest BCUT2D eigenvalue weighted by Gasteiger charge is 2.30. The summed E-state index contributed by atoms with van der Waals surface area (Å²) in [5, 5.41) is 16.0. The van der Waals surface area contributed by atoms with E-state index in [4.69, 9.17) is 4.52 Å². The van der Waals surface area contributed by atoms with E-state index >= 15 is 0 Å². The lowest BCUT2D eigenvalue weighted by Gasteiger charge is -2.33. The zero-order valence-electron chi connectivity index (χ0n) is 18.7. The smallest absolute Gasteiger partial charge is 0.293 e. The predicted molar refractivity (Wildman–Crippen MR) is 123 cm³/mol. The van der Waals surface area contributed by atoms with Gasteiger partial charge >= 0.3 is 0 Å². The van der Waals surface area contributed by atoms with E-state index in [0.29, 0.717) is 43.1 Å². The Labute approximate surface area is 195 Å². The molecule has 9 nitrogen and oxygen atoms in total. The van der Waals surface area contributed by atoms with Crippen molar-refractivity contribution >= 4 is 17.3 Å². The first-order valence-electron chi connectivity index (χ1n) is 11.2. The minimum Gasteiger partial charge on any atom is -0.363 e. The lowest BCUT2D eigenvalue weighted by atomic mass is 10.0. The Bertz CT molecular complexity index is 1230. The van der Waals surface area contributed by atoms with Gasteiger partial charge in [0.05, 0.1) is 17.2 Å². The molecule has 0 saturated carbocycles. The minimum atomic E-state index is -0.425. The molecule has 0 bridgehead atoms. The summed E-state index contributed by atoms with van der Waals surface area (Å²) in [5.41, 5.74) is 2.96. The Morgan fingerprint density at radius 3 is 2.53 bits per heavy atom. The Balaban J connectivity index is 1.39. The van der Waals surface area contributed by atoms with E-state index in [2.05, 4.69) is 10.1 Å². The molecule has 34 heavy (non-hydrogen) atoms. The maximum absolute atomic E-state index is 13.3. The van der Waals surface area contributed by atoms with Gasteiger partial charge in [0.25, 0.3) is 11.6 Å². The van der Waals surface area contributed by atoms with Crippen molar-refractivity contribution < 1.29 is 18.6 Å². The number of benzene rings is 2. The number of nitrogens with zero attached hydrogens (tertiary/aromatic N) is 5. The summed E-state index contributed by atoms with van der Waals surface area (Å²) < 4.78 is 18.8. The van der Waals surface area contributed by atoms with Gasteiger partial charge in [-0.05, 0) is 43.4 Å². The molecule has 3 heterocycles. The van der Waals surface area contributed by atoms with Gasteiger partial charge < -0.3 is 19.2 Å². The average Bonchev–Trinajstić information content (AvgIpc) is 3.27. The number of carbonyl (C=O) groups is 1. The molecule has 1 aromatic heterocycles. The van der Waals surface area contributed by atoms with Crippen LogP contribution in [0.1, 0.15) is 21.6 Å². The van der Waals surface area contributed by atoms with Crippen molar-refractivity contribution in [3.63, 3.8) is 0 Å². The summed E-state index contributed by atoms with van der Waals surface area (Å²) >= 11 is 0. The van der Waals surface area contributed by atoms with Crippen LogP contribution >= 0.6 is 0 Å². The molecule has 1 fully saturated rings. The molecule has 2 aliphatic rings. The van der Waals surface area contributed by atoms with Crippen LogP contribution in [0, 0.1) is 15.9 Å². The van der Waals surface area contributed by atoms with Gasteiger partial charge in [0.1, 0.15) is 11.5 Å². The quantitative estimate of drug-likeness (QED) is 0.431. The number of carbonyl (C=O) groups excluding carboxylic acids is 1. The number of nitro groups is 1. The van der Waals surface area contributed by atoms with Crippen LogP contribution < -0.4 is 4.90 Å². The number of nitro benzene ring substituents is 1. The summed E-state index contributed by atoms with van der Waals surface area (Å²) in [5.74, 6) is -0.135. The third kappa shape index (κ3) is 4.12. The van der Waals surface area contributed by atoms with Gasteiger partial charge in [0.15, 0.2) is 5.76 Å².